The van der Waals surface area contributed by atoms with Gasteiger partial charge in [0.25, 0.3) is 0 Å². The first-order valence-corrected chi connectivity index (χ1v) is 17.7. The molecule has 2 atom stereocenters. The molecule has 0 saturated heterocycles. The van der Waals surface area contributed by atoms with Crippen LogP contribution in [-0.2, 0) is 6.42 Å². The van der Waals surface area contributed by atoms with Crippen LogP contribution in [0.3, 0.4) is 0 Å². The molecule has 2 unspecified atom stereocenters. The molecule has 0 saturated carbocycles. The molecule has 2 heterocycles. The molecule has 2 aliphatic rings. The van der Waals surface area contributed by atoms with Crippen molar-refractivity contribution in [3.63, 3.8) is 0 Å². The van der Waals surface area contributed by atoms with Crippen molar-refractivity contribution in [3.8, 4) is 28.3 Å². The Hall–Kier alpha value is -6.06. The van der Waals surface area contributed by atoms with Crippen LogP contribution in [0.2, 0.25) is 0 Å². The third-order valence-electron chi connectivity index (χ3n) is 10.7. The van der Waals surface area contributed by atoms with E-state index in [4.69, 9.17) is 9.97 Å². The first-order valence-electron chi connectivity index (χ1n) is 17.7. The fraction of sp³-hybridized carbons (Fsp3) is 0.106. The fourth-order valence-electron chi connectivity index (χ4n) is 8.23. The monoisotopic (exact) mass is 641 g/mol. The number of allylic oxidation sites excluding steroid dienone is 5. The Morgan fingerprint density at radius 3 is 2.38 bits per heavy atom. The highest BCUT2D eigenvalue weighted by Crippen LogP contribution is 2.40. The molecule has 0 spiro atoms. The van der Waals surface area contributed by atoms with Gasteiger partial charge in [-0.15, -0.1) is 0 Å². The highest BCUT2D eigenvalue weighted by atomic mass is 15.0. The van der Waals surface area contributed by atoms with E-state index in [2.05, 4.69) is 169 Å². The van der Waals surface area contributed by atoms with Gasteiger partial charge in [0, 0.05) is 38.9 Å². The molecule has 3 nitrogen and oxygen atoms in total. The first-order chi connectivity index (χ1) is 24.7. The maximum absolute atomic E-state index is 5.34. The molecule has 50 heavy (non-hydrogen) atoms. The zero-order valence-electron chi connectivity index (χ0n) is 27.9. The molecule has 8 aromatic rings. The van der Waals surface area contributed by atoms with Crippen LogP contribution < -0.4 is 0 Å². The van der Waals surface area contributed by atoms with Crippen molar-refractivity contribution >= 4 is 49.6 Å². The molecule has 0 aliphatic heterocycles. The minimum absolute atomic E-state index is 0.401. The summed E-state index contributed by atoms with van der Waals surface area (Å²) in [4.78, 5) is 10.5. The van der Waals surface area contributed by atoms with Crippen molar-refractivity contribution in [1.29, 1.82) is 0 Å². The van der Waals surface area contributed by atoms with E-state index < -0.39 is 0 Å². The predicted molar refractivity (Wildman–Crippen MR) is 210 cm³/mol. The Kier molecular flexibility index (Phi) is 6.67. The van der Waals surface area contributed by atoms with Gasteiger partial charge in [-0.1, -0.05) is 116 Å². The maximum Gasteiger partial charge on any atom is 0.160 e. The summed E-state index contributed by atoms with van der Waals surface area (Å²) in [7, 11) is 0. The van der Waals surface area contributed by atoms with Gasteiger partial charge in [-0.05, 0) is 94.8 Å². The average Bonchev–Trinajstić information content (AvgIpc) is 3.52. The maximum atomic E-state index is 5.34. The summed E-state index contributed by atoms with van der Waals surface area (Å²) in [5, 5.41) is 6.09. The SMILES string of the molecule is CC1C=CC=CC1c1ccc2cc(-c3nc(-c4ccc5c(c4)c4c6c(ccc4n5-c4ccccc4)C=CCC6)nc4ccccc34)ccc2c1. The predicted octanol–water partition coefficient (Wildman–Crippen LogP) is 12.0. The van der Waals surface area contributed by atoms with E-state index in [0.717, 1.165) is 46.4 Å². The standard InChI is InChI=1S/C47H35N3/c1-30-11-5-7-15-38(30)34-21-19-33-28-35(22-20-32(33)27-34)46-40-17-9-10-18-42(40)48-47(49-46)36-24-25-43-41(29-36)45-39-16-8-6-12-31(39)23-26-44(45)50(43)37-13-3-2-4-14-37/h2-7,9-15,17-30,38H,8,16H2,1H3. The number of para-hydroxylation sites is 2. The molecular weight excluding hydrogens is 607 g/mol. The third kappa shape index (κ3) is 4.65. The second kappa shape index (κ2) is 11.5. The van der Waals surface area contributed by atoms with Crippen molar-refractivity contribution in [2.24, 2.45) is 5.92 Å². The molecule has 2 aromatic heterocycles. The molecule has 10 rings (SSSR count). The molecule has 6 aromatic carbocycles. The van der Waals surface area contributed by atoms with E-state index in [1.165, 1.54) is 55.0 Å². The Labute approximate surface area is 291 Å². The lowest BCUT2D eigenvalue weighted by Crippen LogP contribution is -2.07. The normalized spacial score (nSPS) is 16.9. The van der Waals surface area contributed by atoms with E-state index in [0.29, 0.717) is 11.8 Å². The van der Waals surface area contributed by atoms with Gasteiger partial charge < -0.3 is 4.57 Å². The van der Waals surface area contributed by atoms with Crippen molar-refractivity contribution < 1.29 is 0 Å². The molecule has 0 N–H and O–H groups in total. The lowest BCUT2D eigenvalue weighted by molar-refractivity contribution is 0.636. The molecular formula is C47H35N3. The first kappa shape index (κ1) is 28.9. The van der Waals surface area contributed by atoms with Gasteiger partial charge in [0.15, 0.2) is 5.82 Å². The van der Waals surface area contributed by atoms with Gasteiger partial charge in [-0.2, -0.15) is 0 Å². The van der Waals surface area contributed by atoms with Gasteiger partial charge in [0.1, 0.15) is 0 Å². The third-order valence-corrected chi connectivity index (χ3v) is 10.7. The van der Waals surface area contributed by atoms with Crippen LogP contribution >= 0.6 is 0 Å². The zero-order chi connectivity index (χ0) is 33.2. The van der Waals surface area contributed by atoms with Gasteiger partial charge >= 0.3 is 0 Å². The van der Waals surface area contributed by atoms with Crippen LogP contribution in [0.1, 0.15) is 36.0 Å². The van der Waals surface area contributed by atoms with Crippen LogP contribution in [0.5, 0.6) is 0 Å². The Morgan fingerprint density at radius 2 is 1.46 bits per heavy atom. The number of nitrogens with zero attached hydrogens (tertiary/aromatic N) is 3. The fourth-order valence-corrected chi connectivity index (χ4v) is 8.23. The van der Waals surface area contributed by atoms with Gasteiger partial charge in [-0.25, -0.2) is 9.97 Å². The van der Waals surface area contributed by atoms with Crippen LogP contribution in [0.4, 0.5) is 0 Å². The number of benzene rings is 6. The van der Waals surface area contributed by atoms with Crippen LogP contribution in [0.15, 0.2) is 152 Å². The van der Waals surface area contributed by atoms with E-state index in [9.17, 15) is 0 Å². The number of aromatic nitrogens is 3. The van der Waals surface area contributed by atoms with Gasteiger partial charge in [0.05, 0.1) is 22.2 Å². The van der Waals surface area contributed by atoms with Crippen molar-refractivity contribution in [3.05, 3.63) is 168 Å². The Balaban J connectivity index is 1.14. The zero-order valence-corrected chi connectivity index (χ0v) is 27.9. The smallest absolute Gasteiger partial charge is 0.160 e. The molecule has 0 radical (unpaired) electrons. The molecule has 0 bridgehead atoms. The summed E-state index contributed by atoms with van der Waals surface area (Å²) in [6.45, 7) is 2.29. The minimum Gasteiger partial charge on any atom is -0.309 e. The van der Waals surface area contributed by atoms with Crippen molar-refractivity contribution in [2.75, 3.05) is 0 Å². The lowest BCUT2D eigenvalue weighted by atomic mass is 9.83. The summed E-state index contributed by atoms with van der Waals surface area (Å²) in [6.07, 6.45) is 15.6. The largest absolute Gasteiger partial charge is 0.309 e. The van der Waals surface area contributed by atoms with Crippen molar-refractivity contribution in [1.82, 2.24) is 14.5 Å². The highest BCUT2D eigenvalue weighted by Gasteiger charge is 2.21. The number of fused-ring (bicyclic) bond motifs is 7. The summed E-state index contributed by atoms with van der Waals surface area (Å²) < 4.78 is 2.40. The van der Waals surface area contributed by atoms with E-state index in [-0.39, 0.29) is 0 Å². The summed E-state index contributed by atoms with van der Waals surface area (Å²) in [5.74, 6) is 1.63. The van der Waals surface area contributed by atoms with Gasteiger partial charge in [0.2, 0.25) is 0 Å². The number of hydrogen-bond donors (Lipinski definition) is 0. The van der Waals surface area contributed by atoms with E-state index in [1.54, 1.807) is 0 Å². The Morgan fingerprint density at radius 1 is 0.660 bits per heavy atom. The quantitative estimate of drug-likeness (QED) is 0.191. The second-order valence-corrected chi connectivity index (χ2v) is 13.8. The van der Waals surface area contributed by atoms with Crippen LogP contribution in [0, 0.1) is 5.92 Å². The summed E-state index contributed by atoms with van der Waals surface area (Å²) >= 11 is 0. The Bertz CT molecular complexity index is 2730. The number of aryl methyl sites for hydroxylation is 1. The number of rotatable bonds is 4. The second-order valence-electron chi connectivity index (χ2n) is 13.8. The molecule has 238 valence electrons. The summed E-state index contributed by atoms with van der Waals surface area (Å²) in [6, 6.07) is 44.1. The average molecular weight is 642 g/mol. The highest BCUT2D eigenvalue weighted by molar-refractivity contribution is 6.13. The molecule has 0 fully saturated rings. The molecule has 3 heteroatoms. The van der Waals surface area contributed by atoms with Crippen LogP contribution in [-0.4, -0.2) is 14.5 Å². The van der Waals surface area contributed by atoms with E-state index >= 15 is 0 Å². The van der Waals surface area contributed by atoms with Crippen LogP contribution in [0.25, 0.3) is 77.9 Å². The lowest BCUT2D eigenvalue weighted by Gasteiger charge is -2.21. The molecule has 0 amide bonds. The van der Waals surface area contributed by atoms with E-state index in [1.807, 2.05) is 0 Å². The molecule has 2 aliphatic carbocycles. The van der Waals surface area contributed by atoms with Crippen molar-refractivity contribution in [2.45, 2.75) is 25.7 Å². The summed E-state index contributed by atoms with van der Waals surface area (Å²) in [5.41, 5.74) is 11.7. The topological polar surface area (TPSA) is 30.7 Å². The minimum atomic E-state index is 0.401. The van der Waals surface area contributed by atoms with Gasteiger partial charge in [-0.3, -0.25) is 0 Å². The number of hydrogen-bond acceptors (Lipinski definition) is 2.